The van der Waals surface area contributed by atoms with Crippen molar-refractivity contribution in [1.29, 1.82) is 0 Å². The fourth-order valence-corrected chi connectivity index (χ4v) is 2.07. The summed E-state index contributed by atoms with van der Waals surface area (Å²) >= 11 is 1.16. The molecule has 0 saturated heterocycles. The summed E-state index contributed by atoms with van der Waals surface area (Å²) in [5.74, 6) is -0.996. The summed E-state index contributed by atoms with van der Waals surface area (Å²) in [5.41, 5.74) is 0. The first-order valence-electron chi connectivity index (χ1n) is 5.35. The summed E-state index contributed by atoms with van der Waals surface area (Å²) in [7, 11) is 1.77. The van der Waals surface area contributed by atoms with Crippen LogP contribution in [0, 0.1) is 0 Å². The lowest BCUT2D eigenvalue weighted by Crippen LogP contribution is -2.35. The number of likely N-dealkylation sites (N-methyl/N-ethyl adjacent to an activating group) is 1. The number of nitrogens with one attached hydrogen (secondary N) is 1. The topological polar surface area (TPSA) is 69.6 Å². The second-order valence-corrected chi connectivity index (χ2v) is 4.71. The molecule has 17 heavy (non-hydrogen) atoms. The zero-order valence-corrected chi connectivity index (χ0v) is 10.7. The van der Waals surface area contributed by atoms with E-state index in [2.05, 4.69) is 5.32 Å². The number of carboxylic acid groups (broad SMARTS) is 1. The van der Waals surface area contributed by atoms with E-state index in [-0.39, 0.29) is 17.3 Å². The largest absolute Gasteiger partial charge is 0.477 e. The van der Waals surface area contributed by atoms with Crippen molar-refractivity contribution in [3.8, 4) is 0 Å². The van der Waals surface area contributed by atoms with Gasteiger partial charge in [0, 0.05) is 13.6 Å². The monoisotopic (exact) mass is 256 g/mol. The molecule has 0 spiro atoms. The molecule has 94 valence electrons. The highest BCUT2D eigenvalue weighted by Gasteiger charge is 2.12. The Morgan fingerprint density at radius 2 is 2.18 bits per heavy atom. The van der Waals surface area contributed by atoms with Crippen molar-refractivity contribution >= 4 is 28.2 Å². The molecule has 2 N–H and O–H groups in total. The number of anilines is 1. The average molecular weight is 256 g/mol. The van der Waals surface area contributed by atoms with Gasteiger partial charge in [-0.3, -0.25) is 4.79 Å². The minimum absolute atomic E-state index is 0.0559. The molecule has 1 amide bonds. The number of nitrogens with zero attached hydrogens (tertiary/aromatic N) is 1. The third-order valence-electron chi connectivity index (χ3n) is 2.13. The lowest BCUT2D eigenvalue weighted by atomic mass is 10.4. The molecule has 1 rings (SSSR count). The van der Waals surface area contributed by atoms with Gasteiger partial charge < -0.3 is 15.3 Å². The van der Waals surface area contributed by atoms with Crippen LogP contribution >= 0.6 is 11.3 Å². The normalized spacial score (nSPS) is 10.0. The Balaban J connectivity index is 2.54. The number of thiophene rings is 1. The summed E-state index contributed by atoms with van der Waals surface area (Å²) in [6.07, 6.45) is 0.900. The highest BCUT2D eigenvalue weighted by Crippen LogP contribution is 2.24. The Bertz CT molecular complexity index is 403. The fraction of sp³-hybridized carbons (Fsp3) is 0.455. The van der Waals surface area contributed by atoms with Gasteiger partial charge in [0.05, 0.1) is 11.5 Å². The number of hydrogen-bond donors (Lipinski definition) is 2. The number of carbonyl (C=O) groups excluding carboxylic acids is 1. The average Bonchev–Trinajstić information content (AvgIpc) is 2.75. The van der Waals surface area contributed by atoms with Crippen LogP contribution in [0.5, 0.6) is 0 Å². The Morgan fingerprint density at radius 3 is 2.71 bits per heavy atom. The van der Waals surface area contributed by atoms with Crippen molar-refractivity contribution in [3.63, 3.8) is 0 Å². The Morgan fingerprint density at radius 1 is 1.47 bits per heavy atom. The molecule has 0 aliphatic carbocycles. The van der Waals surface area contributed by atoms with Crippen molar-refractivity contribution < 1.29 is 14.7 Å². The van der Waals surface area contributed by atoms with Gasteiger partial charge in [0.15, 0.2) is 0 Å². The van der Waals surface area contributed by atoms with Gasteiger partial charge in [0.1, 0.15) is 4.88 Å². The van der Waals surface area contributed by atoms with Crippen molar-refractivity contribution in [2.24, 2.45) is 0 Å². The van der Waals surface area contributed by atoms with Gasteiger partial charge in [-0.15, -0.1) is 11.3 Å². The van der Waals surface area contributed by atoms with E-state index < -0.39 is 5.97 Å². The van der Waals surface area contributed by atoms with Crippen molar-refractivity contribution in [3.05, 3.63) is 17.0 Å². The molecule has 0 fully saturated rings. The van der Waals surface area contributed by atoms with Gasteiger partial charge in [-0.2, -0.15) is 0 Å². The van der Waals surface area contributed by atoms with E-state index in [4.69, 9.17) is 5.11 Å². The second-order valence-electron chi connectivity index (χ2n) is 3.65. The van der Waals surface area contributed by atoms with Gasteiger partial charge in [-0.05, 0) is 18.6 Å². The van der Waals surface area contributed by atoms with E-state index in [1.165, 1.54) is 0 Å². The van der Waals surface area contributed by atoms with Crippen LogP contribution in [-0.4, -0.2) is 37.1 Å². The number of aromatic carboxylic acids is 1. The van der Waals surface area contributed by atoms with E-state index in [1.807, 2.05) is 6.92 Å². The highest BCUT2D eigenvalue weighted by molar-refractivity contribution is 7.17. The van der Waals surface area contributed by atoms with Gasteiger partial charge in [-0.1, -0.05) is 6.92 Å². The molecule has 0 aliphatic heterocycles. The van der Waals surface area contributed by atoms with E-state index in [0.717, 1.165) is 22.8 Å². The zero-order chi connectivity index (χ0) is 12.8. The number of carboxylic acids is 1. The smallest absolute Gasteiger partial charge is 0.345 e. The van der Waals surface area contributed by atoms with E-state index >= 15 is 0 Å². The number of carbonyl (C=O) groups is 2. The van der Waals surface area contributed by atoms with E-state index in [9.17, 15) is 9.59 Å². The maximum Gasteiger partial charge on any atom is 0.345 e. The summed E-state index contributed by atoms with van der Waals surface area (Å²) in [6, 6.07) is 3.25. The molecular weight excluding hydrogens is 240 g/mol. The molecule has 6 heteroatoms. The molecule has 5 nitrogen and oxygen atoms in total. The number of amides is 1. The summed E-state index contributed by atoms with van der Waals surface area (Å²) in [6.45, 7) is 2.89. The van der Waals surface area contributed by atoms with Crippen molar-refractivity contribution in [2.75, 3.05) is 25.0 Å². The Kier molecular flexibility index (Phi) is 4.96. The quantitative estimate of drug-likeness (QED) is 0.807. The van der Waals surface area contributed by atoms with Crippen LogP contribution in [0.4, 0.5) is 5.00 Å². The van der Waals surface area contributed by atoms with E-state index in [0.29, 0.717) is 6.54 Å². The van der Waals surface area contributed by atoms with Crippen LogP contribution < -0.4 is 10.2 Å². The maximum absolute atomic E-state index is 11.5. The fourth-order valence-electron chi connectivity index (χ4n) is 1.26. The van der Waals surface area contributed by atoms with Gasteiger partial charge in [0.2, 0.25) is 5.91 Å². The Labute approximate surface area is 104 Å². The Hall–Kier alpha value is -1.56. The predicted octanol–water partition coefficient (Wildman–Crippen LogP) is 1.41. The molecule has 0 atom stereocenters. The predicted molar refractivity (Wildman–Crippen MR) is 67.8 cm³/mol. The maximum atomic E-state index is 11.5. The molecule has 0 bridgehead atoms. The SMILES string of the molecule is CCCNC(=O)CN(C)c1ccc(C(=O)O)s1. The van der Waals surface area contributed by atoms with Crippen LogP contribution in [0.3, 0.4) is 0 Å². The first kappa shape index (κ1) is 13.5. The van der Waals surface area contributed by atoms with Gasteiger partial charge in [-0.25, -0.2) is 4.79 Å². The molecule has 1 aromatic rings. The summed E-state index contributed by atoms with van der Waals surface area (Å²) in [4.78, 5) is 24.2. The standard InChI is InChI=1S/C11H16N2O3S/c1-3-6-12-9(14)7-13(2)10-5-4-8(17-10)11(15)16/h4-5H,3,6-7H2,1-2H3,(H,12,14)(H,15,16). The highest BCUT2D eigenvalue weighted by atomic mass is 32.1. The third kappa shape index (κ3) is 4.07. The number of hydrogen-bond acceptors (Lipinski definition) is 4. The van der Waals surface area contributed by atoms with Crippen LogP contribution in [0.2, 0.25) is 0 Å². The molecule has 1 aromatic heterocycles. The van der Waals surface area contributed by atoms with Crippen LogP contribution in [-0.2, 0) is 4.79 Å². The second kappa shape index (κ2) is 6.24. The molecule has 0 radical (unpaired) electrons. The summed E-state index contributed by atoms with van der Waals surface area (Å²) < 4.78 is 0. The zero-order valence-electron chi connectivity index (χ0n) is 9.90. The van der Waals surface area contributed by atoms with Gasteiger partial charge in [0.25, 0.3) is 0 Å². The third-order valence-corrected chi connectivity index (χ3v) is 3.32. The van der Waals surface area contributed by atoms with Crippen molar-refractivity contribution in [1.82, 2.24) is 5.32 Å². The molecule has 0 aromatic carbocycles. The lowest BCUT2D eigenvalue weighted by molar-refractivity contribution is -0.119. The minimum atomic E-state index is -0.940. The van der Waals surface area contributed by atoms with Crippen molar-refractivity contribution in [2.45, 2.75) is 13.3 Å². The first-order valence-corrected chi connectivity index (χ1v) is 6.17. The van der Waals surface area contributed by atoms with Gasteiger partial charge >= 0.3 is 5.97 Å². The lowest BCUT2D eigenvalue weighted by Gasteiger charge is -2.16. The first-order chi connectivity index (χ1) is 8.04. The molecular formula is C11H16N2O3S. The molecule has 0 saturated carbocycles. The molecule has 0 aliphatic rings. The summed E-state index contributed by atoms with van der Waals surface area (Å²) in [5, 5.41) is 12.3. The minimum Gasteiger partial charge on any atom is -0.477 e. The van der Waals surface area contributed by atoms with Crippen LogP contribution in [0.25, 0.3) is 0 Å². The number of rotatable bonds is 6. The van der Waals surface area contributed by atoms with E-state index in [1.54, 1.807) is 24.1 Å². The molecule has 1 heterocycles. The molecule has 0 unspecified atom stereocenters. The van der Waals surface area contributed by atoms with Crippen LogP contribution in [0.15, 0.2) is 12.1 Å². The van der Waals surface area contributed by atoms with Crippen LogP contribution in [0.1, 0.15) is 23.0 Å².